The number of ether oxygens (including phenoxy) is 2. The van der Waals surface area contributed by atoms with Crippen molar-refractivity contribution in [3.63, 3.8) is 0 Å². The number of pyridine rings is 1. The normalized spacial score (nSPS) is 14.2. The number of amides is 1. The van der Waals surface area contributed by atoms with Crippen molar-refractivity contribution in [2.24, 2.45) is 5.92 Å². The van der Waals surface area contributed by atoms with E-state index >= 15 is 0 Å². The van der Waals surface area contributed by atoms with Crippen LogP contribution < -0.4 is 14.8 Å². The molecule has 1 fully saturated rings. The molecule has 2 heterocycles. The van der Waals surface area contributed by atoms with E-state index in [1.165, 1.54) is 25.7 Å². The maximum Gasteiger partial charge on any atom is 0.225 e. The molecule has 1 aliphatic rings. The fourth-order valence-electron chi connectivity index (χ4n) is 4.28. The van der Waals surface area contributed by atoms with E-state index in [1.807, 2.05) is 47.9 Å². The molecule has 0 atom stereocenters. The molecule has 6 heteroatoms. The van der Waals surface area contributed by atoms with Crippen molar-refractivity contribution in [2.75, 3.05) is 19.5 Å². The molecule has 2 aromatic heterocycles. The molecule has 1 aromatic carbocycles. The van der Waals surface area contributed by atoms with Gasteiger partial charge in [0.15, 0.2) is 11.5 Å². The summed E-state index contributed by atoms with van der Waals surface area (Å²) in [7, 11) is 3.22. The van der Waals surface area contributed by atoms with Crippen LogP contribution in [0.5, 0.6) is 11.5 Å². The van der Waals surface area contributed by atoms with E-state index in [-0.39, 0.29) is 5.91 Å². The standard InChI is InChI=1S/C24H29N3O3/c1-16-8-12-21-25-23(18-10-11-19(29-2)20(14-18)30-3)24(27(21)15-16)26-22(28)13-9-17-6-4-5-7-17/h8,10-12,14-15,17H,4-7,9,13H2,1-3H3,(H,26,28). The number of nitrogens with zero attached hydrogens (tertiary/aromatic N) is 2. The number of aryl methyl sites for hydroxylation is 1. The Morgan fingerprint density at radius 1 is 1.13 bits per heavy atom. The Morgan fingerprint density at radius 2 is 1.90 bits per heavy atom. The van der Waals surface area contributed by atoms with Crippen molar-refractivity contribution in [3.8, 4) is 22.8 Å². The van der Waals surface area contributed by atoms with E-state index in [9.17, 15) is 4.79 Å². The summed E-state index contributed by atoms with van der Waals surface area (Å²) >= 11 is 0. The molecule has 1 saturated carbocycles. The number of rotatable bonds is 7. The Morgan fingerprint density at radius 3 is 2.63 bits per heavy atom. The van der Waals surface area contributed by atoms with Gasteiger partial charge in [-0.1, -0.05) is 31.7 Å². The third kappa shape index (κ3) is 4.13. The second kappa shape index (κ2) is 8.78. The third-order valence-electron chi connectivity index (χ3n) is 5.94. The summed E-state index contributed by atoms with van der Waals surface area (Å²) in [6.07, 6.45) is 8.57. The first-order valence-electron chi connectivity index (χ1n) is 10.6. The lowest BCUT2D eigenvalue weighted by Crippen LogP contribution is -2.14. The zero-order chi connectivity index (χ0) is 21.1. The molecule has 4 rings (SSSR count). The lowest BCUT2D eigenvalue weighted by atomic mass is 10.0. The van der Waals surface area contributed by atoms with Gasteiger partial charge in [0.05, 0.1) is 14.2 Å². The molecule has 1 amide bonds. The van der Waals surface area contributed by atoms with Crippen molar-refractivity contribution in [3.05, 3.63) is 42.1 Å². The quantitative estimate of drug-likeness (QED) is 0.582. The Kier molecular flexibility index (Phi) is 5.93. The Hall–Kier alpha value is -3.02. The van der Waals surface area contributed by atoms with Crippen LogP contribution in [0, 0.1) is 12.8 Å². The molecular formula is C24H29N3O3. The molecule has 0 radical (unpaired) electrons. The largest absolute Gasteiger partial charge is 0.493 e. The van der Waals surface area contributed by atoms with Crippen molar-refractivity contribution >= 4 is 17.4 Å². The average Bonchev–Trinajstić information content (AvgIpc) is 3.40. The zero-order valence-corrected chi connectivity index (χ0v) is 17.9. The number of methoxy groups -OCH3 is 2. The van der Waals surface area contributed by atoms with Gasteiger partial charge >= 0.3 is 0 Å². The van der Waals surface area contributed by atoms with Gasteiger partial charge in [-0.15, -0.1) is 0 Å². The number of hydrogen-bond donors (Lipinski definition) is 1. The number of imidazole rings is 1. The minimum absolute atomic E-state index is 0.0342. The lowest BCUT2D eigenvalue weighted by molar-refractivity contribution is -0.116. The van der Waals surface area contributed by atoms with Gasteiger partial charge in [-0.25, -0.2) is 4.98 Å². The topological polar surface area (TPSA) is 64.9 Å². The molecule has 3 aromatic rings. The molecule has 0 aliphatic heterocycles. The molecule has 1 aliphatic carbocycles. The summed E-state index contributed by atoms with van der Waals surface area (Å²) in [5.74, 6) is 2.69. The number of aromatic nitrogens is 2. The second-order valence-corrected chi connectivity index (χ2v) is 8.05. The highest BCUT2D eigenvalue weighted by Crippen LogP contribution is 2.36. The van der Waals surface area contributed by atoms with Crippen LogP contribution in [0.2, 0.25) is 0 Å². The highest BCUT2D eigenvalue weighted by molar-refractivity contribution is 5.94. The van der Waals surface area contributed by atoms with E-state index in [0.717, 1.165) is 28.9 Å². The van der Waals surface area contributed by atoms with Gasteiger partial charge in [0, 0.05) is 18.2 Å². The van der Waals surface area contributed by atoms with Crippen molar-refractivity contribution in [1.29, 1.82) is 0 Å². The fraction of sp³-hybridized carbons (Fsp3) is 0.417. The number of carbonyl (C=O) groups excluding carboxylic acids is 1. The summed E-state index contributed by atoms with van der Waals surface area (Å²) in [5, 5.41) is 3.14. The van der Waals surface area contributed by atoms with E-state index < -0.39 is 0 Å². The van der Waals surface area contributed by atoms with Gasteiger partial charge in [-0.05, 0) is 49.1 Å². The average molecular weight is 408 g/mol. The first kappa shape index (κ1) is 20.3. The van der Waals surface area contributed by atoms with Gasteiger partial charge in [0.25, 0.3) is 0 Å². The first-order chi connectivity index (χ1) is 14.6. The number of fused-ring (bicyclic) bond motifs is 1. The van der Waals surface area contributed by atoms with Crippen LogP contribution in [0.4, 0.5) is 5.82 Å². The predicted octanol–water partition coefficient (Wildman–Crippen LogP) is 5.24. The summed E-state index contributed by atoms with van der Waals surface area (Å²) in [6, 6.07) is 9.67. The monoisotopic (exact) mass is 407 g/mol. The van der Waals surface area contributed by atoms with Crippen LogP contribution in [-0.2, 0) is 4.79 Å². The maximum atomic E-state index is 12.8. The molecule has 0 saturated heterocycles. The summed E-state index contributed by atoms with van der Waals surface area (Å²) in [6.45, 7) is 2.03. The molecule has 1 N–H and O–H groups in total. The number of carbonyl (C=O) groups is 1. The van der Waals surface area contributed by atoms with E-state index in [1.54, 1.807) is 14.2 Å². The van der Waals surface area contributed by atoms with Crippen molar-refractivity contribution in [1.82, 2.24) is 9.38 Å². The number of hydrogen-bond acceptors (Lipinski definition) is 4. The third-order valence-corrected chi connectivity index (χ3v) is 5.94. The molecular weight excluding hydrogens is 378 g/mol. The van der Waals surface area contributed by atoms with Crippen LogP contribution in [0.25, 0.3) is 16.9 Å². The van der Waals surface area contributed by atoms with Crippen LogP contribution in [0.1, 0.15) is 44.1 Å². The van der Waals surface area contributed by atoms with Gasteiger partial charge in [0.1, 0.15) is 17.2 Å². The molecule has 30 heavy (non-hydrogen) atoms. The molecule has 0 bridgehead atoms. The van der Waals surface area contributed by atoms with E-state index in [4.69, 9.17) is 14.5 Å². The van der Waals surface area contributed by atoms with Gasteiger partial charge in [-0.3, -0.25) is 9.20 Å². The number of anilines is 1. The smallest absolute Gasteiger partial charge is 0.225 e. The van der Waals surface area contributed by atoms with Crippen LogP contribution >= 0.6 is 0 Å². The Bertz CT molecular complexity index is 1050. The highest BCUT2D eigenvalue weighted by atomic mass is 16.5. The van der Waals surface area contributed by atoms with Gasteiger partial charge in [0.2, 0.25) is 5.91 Å². The molecule has 158 valence electrons. The Labute approximate surface area is 177 Å². The van der Waals surface area contributed by atoms with Crippen molar-refractivity contribution < 1.29 is 14.3 Å². The van der Waals surface area contributed by atoms with Crippen LogP contribution in [-0.4, -0.2) is 29.5 Å². The van der Waals surface area contributed by atoms with Gasteiger partial charge in [-0.2, -0.15) is 0 Å². The lowest BCUT2D eigenvalue weighted by Gasteiger charge is -2.12. The Balaban J connectivity index is 1.68. The summed E-state index contributed by atoms with van der Waals surface area (Å²) < 4.78 is 12.8. The summed E-state index contributed by atoms with van der Waals surface area (Å²) in [4.78, 5) is 17.6. The number of nitrogens with one attached hydrogen (secondary N) is 1. The predicted molar refractivity (Wildman–Crippen MR) is 118 cm³/mol. The second-order valence-electron chi connectivity index (χ2n) is 8.05. The fourth-order valence-corrected chi connectivity index (χ4v) is 4.28. The van der Waals surface area contributed by atoms with E-state index in [0.29, 0.717) is 29.7 Å². The minimum atomic E-state index is 0.0342. The summed E-state index contributed by atoms with van der Waals surface area (Å²) in [5.41, 5.74) is 3.47. The SMILES string of the molecule is COc1ccc(-c2nc3ccc(C)cn3c2NC(=O)CCC2CCCC2)cc1OC. The molecule has 6 nitrogen and oxygen atoms in total. The van der Waals surface area contributed by atoms with E-state index in [2.05, 4.69) is 5.32 Å². The van der Waals surface area contributed by atoms with Crippen LogP contribution in [0.15, 0.2) is 36.5 Å². The molecule has 0 unspecified atom stereocenters. The maximum absolute atomic E-state index is 12.8. The molecule has 0 spiro atoms. The highest BCUT2D eigenvalue weighted by Gasteiger charge is 2.20. The minimum Gasteiger partial charge on any atom is -0.493 e. The first-order valence-corrected chi connectivity index (χ1v) is 10.6. The zero-order valence-electron chi connectivity index (χ0n) is 17.9. The number of benzene rings is 1. The van der Waals surface area contributed by atoms with Gasteiger partial charge < -0.3 is 14.8 Å². The van der Waals surface area contributed by atoms with Crippen molar-refractivity contribution in [2.45, 2.75) is 45.4 Å². The van der Waals surface area contributed by atoms with Crippen LogP contribution in [0.3, 0.4) is 0 Å².